The zero-order valence-electron chi connectivity index (χ0n) is 15.6. The maximum absolute atomic E-state index is 12.1. The minimum atomic E-state index is -1.78. The van der Waals surface area contributed by atoms with E-state index in [2.05, 4.69) is 6.07 Å². The standard InChI is InChI=1S/C21H19N5O2/c1-13-4-3-5-14(8-13)18-15(9-22)19(25)21(11-23,12-24)17-6-7-26(10-16(17)18)20(27)28-2/h3-6,8,15-16,18,25H,7,10H2,1-2H3/t15?,16-,18+/m0/s1. The third kappa shape index (κ3) is 2.71. The van der Waals surface area contributed by atoms with Gasteiger partial charge in [0, 0.05) is 24.9 Å². The van der Waals surface area contributed by atoms with E-state index >= 15 is 0 Å². The summed E-state index contributed by atoms with van der Waals surface area (Å²) < 4.78 is 4.83. The molecule has 1 N–H and O–H groups in total. The van der Waals surface area contributed by atoms with E-state index in [9.17, 15) is 20.6 Å². The maximum atomic E-state index is 12.1. The molecule has 3 rings (SSSR count). The highest BCUT2D eigenvalue weighted by Gasteiger charge is 2.56. The lowest BCUT2D eigenvalue weighted by Crippen LogP contribution is -2.53. The molecule has 7 nitrogen and oxygen atoms in total. The van der Waals surface area contributed by atoms with Crippen LogP contribution in [-0.4, -0.2) is 36.9 Å². The summed E-state index contributed by atoms with van der Waals surface area (Å²) in [6, 6.07) is 13.8. The van der Waals surface area contributed by atoms with Gasteiger partial charge in [0.15, 0.2) is 0 Å². The lowest BCUT2D eigenvalue weighted by molar-refractivity contribution is 0.115. The van der Waals surface area contributed by atoms with E-state index in [0.717, 1.165) is 11.1 Å². The van der Waals surface area contributed by atoms with Gasteiger partial charge in [-0.05, 0) is 18.1 Å². The molecule has 1 amide bonds. The predicted octanol–water partition coefficient (Wildman–Crippen LogP) is 2.91. The first-order valence-electron chi connectivity index (χ1n) is 8.84. The molecule has 1 aromatic carbocycles. The van der Waals surface area contributed by atoms with Crippen molar-refractivity contribution in [2.75, 3.05) is 20.2 Å². The van der Waals surface area contributed by atoms with Crippen molar-refractivity contribution in [2.45, 2.75) is 12.8 Å². The van der Waals surface area contributed by atoms with Crippen LogP contribution in [-0.2, 0) is 4.74 Å². The zero-order valence-corrected chi connectivity index (χ0v) is 15.6. The van der Waals surface area contributed by atoms with Gasteiger partial charge in [-0.2, -0.15) is 15.8 Å². The molecule has 0 bridgehead atoms. The van der Waals surface area contributed by atoms with Gasteiger partial charge in [-0.15, -0.1) is 0 Å². The van der Waals surface area contributed by atoms with Crippen LogP contribution >= 0.6 is 0 Å². The first-order valence-corrected chi connectivity index (χ1v) is 8.84. The van der Waals surface area contributed by atoms with E-state index in [1.807, 2.05) is 43.3 Å². The second-order valence-corrected chi connectivity index (χ2v) is 7.07. The summed E-state index contributed by atoms with van der Waals surface area (Å²) in [6.45, 7) is 2.34. The maximum Gasteiger partial charge on any atom is 0.409 e. The Morgan fingerprint density at radius 1 is 1.32 bits per heavy atom. The lowest BCUT2D eigenvalue weighted by Gasteiger charge is -2.47. The summed E-state index contributed by atoms with van der Waals surface area (Å²) in [5, 5.41) is 38.1. The first-order chi connectivity index (χ1) is 13.4. The Balaban J connectivity index is 2.22. The van der Waals surface area contributed by atoms with Crippen LogP contribution in [0.25, 0.3) is 0 Å². The minimum Gasteiger partial charge on any atom is -0.453 e. The number of methoxy groups -OCH3 is 1. The third-order valence-electron chi connectivity index (χ3n) is 5.62. The van der Waals surface area contributed by atoms with Gasteiger partial charge in [0.25, 0.3) is 0 Å². The van der Waals surface area contributed by atoms with Crippen molar-refractivity contribution < 1.29 is 9.53 Å². The number of ether oxygens (including phenoxy) is 1. The quantitative estimate of drug-likeness (QED) is 0.758. The largest absolute Gasteiger partial charge is 0.453 e. The number of nitrogens with zero attached hydrogens (tertiary/aromatic N) is 4. The molecule has 1 heterocycles. The molecular weight excluding hydrogens is 354 g/mol. The Labute approximate surface area is 163 Å². The van der Waals surface area contributed by atoms with Crippen LogP contribution in [0.15, 0.2) is 35.9 Å². The number of nitriles is 3. The second kappa shape index (κ2) is 7.18. The Kier molecular flexibility index (Phi) is 4.91. The highest BCUT2D eigenvalue weighted by molar-refractivity contribution is 6.01. The highest BCUT2D eigenvalue weighted by Crippen LogP contribution is 2.52. The van der Waals surface area contributed by atoms with Gasteiger partial charge in [0.05, 0.1) is 36.9 Å². The summed E-state index contributed by atoms with van der Waals surface area (Å²) in [4.78, 5) is 13.6. The third-order valence-corrected chi connectivity index (χ3v) is 5.62. The number of nitrogens with one attached hydrogen (secondary N) is 1. The molecule has 140 valence electrons. The predicted molar refractivity (Wildman–Crippen MR) is 100.0 cm³/mol. The minimum absolute atomic E-state index is 0.189. The summed E-state index contributed by atoms with van der Waals surface area (Å²) in [7, 11) is 1.29. The number of benzene rings is 1. The van der Waals surface area contributed by atoms with Crippen LogP contribution in [0.4, 0.5) is 4.79 Å². The molecule has 1 fully saturated rings. The van der Waals surface area contributed by atoms with Crippen LogP contribution in [0.5, 0.6) is 0 Å². The van der Waals surface area contributed by atoms with E-state index in [-0.39, 0.29) is 18.8 Å². The van der Waals surface area contributed by atoms with Crippen LogP contribution < -0.4 is 0 Å². The van der Waals surface area contributed by atoms with Crippen molar-refractivity contribution in [2.24, 2.45) is 17.3 Å². The number of amides is 1. The van der Waals surface area contributed by atoms with Gasteiger partial charge in [-0.1, -0.05) is 35.9 Å². The molecule has 0 aromatic heterocycles. The van der Waals surface area contributed by atoms with E-state index < -0.39 is 29.3 Å². The van der Waals surface area contributed by atoms with Crippen molar-refractivity contribution >= 4 is 11.8 Å². The summed E-state index contributed by atoms with van der Waals surface area (Å²) in [6.07, 6.45) is 1.16. The Morgan fingerprint density at radius 3 is 2.61 bits per heavy atom. The van der Waals surface area contributed by atoms with Crippen LogP contribution in [0.3, 0.4) is 0 Å². The summed E-state index contributed by atoms with van der Waals surface area (Å²) in [5.74, 6) is -1.82. The molecule has 1 aliphatic heterocycles. The number of hydrogen-bond acceptors (Lipinski definition) is 6. The van der Waals surface area contributed by atoms with Crippen molar-refractivity contribution in [1.82, 2.24) is 4.90 Å². The smallest absolute Gasteiger partial charge is 0.409 e. The van der Waals surface area contributed by atoms with Crippen LogP contribution in [0.1, 0.15) is 17.0 Å². The molecule has 2 aliphatic rings. The molecule has 3 atom stereocenters. The van der Waals surface area contributed by atoms with E-state index in [0.29, 0.717) is 5.57 Å². The number of aryl methyl sites for hydroxylation is 1. The average molecular weight is 373 g/mol. The van der Waals surface area contributed by atoms with E-state index in [1.54, 1.807) is 6.08 Å². The zero-order chi connectivity index (χ0) is 20.5. The molecule has 0 radical (unpaired) electrons. The van der Waals surface area contributed by atoms with Gasteiger partial charge in [-0.3, -0.25) is 0 Å². The fourth-order valence-electron chi connectivity index (χ4n) is 4.31. The van der Waals surface area contributed by atoms with Gasteiger partial charge in [0.2, 0.25) is 5.41 Å². The van der Waals surface area contributed by atoms with Gasteiger partial charge >= 0.3 is 6.09 Å². The molecule has 0 saturated heterocycles. The fraction of sp³-hybridized carbons (Fsp3) is 0.381. The SMILES string of the molecule is COC(=O)N1CC=C2[C@H](C1)[C@H](c1cccc(C)c1)C(C#N)C(=N)C2(C#N)C#N. The topological polar surface area (TPSA) is 125 Å². The van der Waals surface area contributed by atoms with Crippen molar-refractivity contribution in [1.29, 1.82) is 21.2 Å². The Bertz CT molecular complexity index is 977. The highest BCUT2D eigenvalue weighted by atomic mass is 16.5. The second-order valence-electron chi connectivity index (χ2n) is 7.07. The van der Waals surface area contributed by atoms with Gasteiger partial charge in [0.1, 0.15) is 0 Å². The number of carbonyl (C=O) groups is 1. The molecule has 1 saturated carbocycles. The van der Waals surface area contributed by atoms with Crippen molar-refractivity contribution in [3.8, 4) is 18.2 Å². The Morgan fingerprint density at radius 2 is 2.04 bits per heavy atom. The molecule has 1 aromatic rings. The number of fused-ring (bicyclic) bond motifs is 1. The number of carbonyl (C=O) groups excluding carboxylic acids is 1. The van der Waals surface area contributed by atoms with Gasteiger partial charge < -0.3 is 15.0 Å². The lowest BCUT2D eigenvalue weighted by atomic mass is 9.55. The normalized spacial score (nSPS) is 25.4. The van der Waals surface area contributed by atoms with E-state index in [1.165, 1.54) is 12.0 Å². The van der Waals surface area contributed by atoms with Crippen LogP contribution in [0, 0.1) is 63.6 Å². The van der Waals surface area contributed by atoms with Gasteiger partial charge in [-0.25, -0.2) is 4.79 Å². The molecule has 1 aliphatic carbocycles. The van der Waals surface area contributed by atoms with E-state index in [4.69, 9.17) is 10.1 Å². The average Bonchev–Trinajstić information content (AvgIpc) is 2.72. The summed E-state index contributed by atoms with van der Waals surface area (Å²) >= 11 is 0. The number of rotatable bonds is 1. The summed E-state index contributed by atoms with van der Waals surface area (Å²) in [5.41, 5.74) is 0.377. The molecular formula is C21H19N5O2. The van der Waals surface area contributed by atoms with Crippen molar-refractivity contribution in [3.05, 3.63) is 47.0 Å². The molecule has 1 unspecified atom stereocenters. The molecule has 7 heteroatoms. The molecule has 28 heavy (non-hydrogen) atoms. The first kappa shape index (κ1) is 19.1. The molecule has 0 spiro atoms. The monoisotopic (exact) mass is 373 g/mol. The van der Waals surface area contributed by atoms with Crippen LogP contribution in [0.2, 0.25) is 0 Å². The fourth-order valence-corrected chi connectivity index (χ4v) is 4.31. The Hall–Kier alpha value is -3.63. The number of hydrogen-bond donors (Lipinski definition) is 1. The van der Waals surface area contributed by atoms with Crippen molar-refractivity contribution in [3.63, 3.8) is 0 Å².